The molecule has 0 aromatic heterocycles. The highest BCUT2D eigenvalue weighted by Crippen LogP contribution is 2.42. The second-order valence-corrected chi connectivity index (χ2v) is 6.61. The van der Waals surface area contributed by atoms with Crippen LogP contribution in [0.25, 0.3) is 0 Å². The lowest BCUT2D eigenvalue weighted by Crippen LogP contribution is -2.49. The van der Waals surface area contributed by atoms with Crippen molar-refractivity contribution in [2.24, 2.45) is 11.3 Å². The van der Waals surface area contributed by atoms with E-state index < -0.39 is 12.3 Å². The summed E-state index contributed by atoms with van der Waals surface area (Å²) in [6.45, 7) is 7.63. The molecule has 120 valence electrons. The summed E-state index contributed by atoms with van der Waals surface area (Å²) in [6, 6.07) is 0.0173. The van der Waals surface area contributed by atoms with Crippen LogP contribution in [-0.4, -0.2) is 31.5 Å². The van der Waals surface area contributed by atoms with Gasteiger partial charge in [-0.25, -0.2) is 0 Å². The number of likely N-dealkylation sites (N-methyl/N-ethyl adjacent to an activating group) is 1. The number of ether oxygens (including phenoxy) is 1. The van der Waals surface area contributed by atoms with Crippen molar-refractivity contribution in [3.05, 3.63) is 0 Å². The molecule has 0 aromatic rings. The van der Waals surface area contributed by atoms with Gasteiger partial charge >= 0.3 is 6.18 Å². The Morgan fingerprint density at radius 2 is 1.85 bits per heavy atom. The van der Waals surface area contributed by atoms with E-state index >= 15 is 0 Å². The van der Waals surface area contributed by atoms with Gasteiger partial charge in [0.2, 0.25) is 0 Å². The van der Waals surface area contributed by atoms with Crippen LogP contribution in [0.5, 0.6) is 0 Å². The Hall–Kier alpha value is -0.290. The molecular weight excluding hydrogens is 267 g/mol. The predicted molar refractivity (Wildman–Crippen MR) is 74.7 cm³/mol. The highest BCUT2D eigenvalue weighted by molar-refractivity contribution is 4.91. The van der Waals surface area contributed by atoms with Crippen LogP contribution >= 0.6 is 0 Å². The van der Waals surface area contributed by atoms with Crippen molar-refractivity contribution in [2.75, 3.05) is 7.05 Å². The van der Waals surface area contributed by atoms with E-state index in [1.807, 2.05) is 0 Å². The zero-order valence-electron chi connectivity index (χ0n) is 13.2. The molecule has 0 heterocycles. The zero-order valence-corrected chi connectivity index (χ0v) is 13.2. The van der Waals surface area contributed by atoms with Crippen molar-refractivity contribution < 1.29 is 17.9 Å². The maximum Gasteiger partial charge on any atom is 0.414 e. The van der Waals surface area contributed by atoms with E-state index in [9.17, 15) is 13.2 Å². The van der Waals surface area contributed by atoms with Gasteiger partial charge in [0.05, 0.1) is 6.10 Å². The van der Waals surface area contributed by atoms with Gasteiger partial charge in [-0.2, -0.15) is 13.2 Å². The summed E-state index contributed by atoms with van der Waals surface area (Å²) >= 11 is 0. The SMILES string of the molecule is CCC(C)(C)C1CCC(NC)C(OC(C)C(F)(F)F)C1. The van der Waals surface area contributed by atoms with Gasteiger partial charge in [0.25, 0.3) is 0 Å². The molecule has 0 amide bonds. The third-order valence-electron chi connectivity index (χ3n) is 5.02. The summed E-state index contributed by atoms with van der Waals surface area (Å²) in [5.74, 6) is 0.419. The van der Waals surface area contributed by atoms with Gasteiger partial charge in [0.1, 0.15) is 0 Å². The monoisotopic (exact) mass is 295 g/mol. The first-order chi connectivity index (χ1) is 9.11. The van der Waals surface area contributed by atoms with Gasteiger partial charge in [-0.3, -0.25) is 0 Å². The maximum atomic E-state index is 12.7. The summed E-state index contributed by atoms with van der Waals surface area (Å²) in [7, 11) is 1.80. The third kappa shape index (κ3) is 4.35. The number of rotatable bonds is 5. The minimum atomic E-state index is -4.29. The van der Waals surface area contributed by atoms with E-state index in [1.165, 1.54) is 0 Å². The molecule has 0 radical (unpaired) electrons. The summed E-state index contributed by atoms with van der Waals surface area (Å²) < 4.78 is 43.4. The Balaban J connectivity index is 2.74. The van der Waals surface area contributed by atoms with Crippen LogP contribution in [0.3, 0.4) is 0 Å². The first-order valence-corrected chi connectivity index (χ1v) is 7.51. The molecule has 5 heteroatoms. The van der Waals surface area contributed by atoms with Gasteiger partial charge in [0, 0.05) is 6.04 Å². The number of nitrogens with one attached hydrogen (secondary N) is 1. The number of alkyl halides is 3. The van der Waals surface area contributed by atoms with E-state index in [1.54, 1.807) is 7.05 Å². The maximum absolute atomic E-state index is 12.7. The summed E-state index contributed by atoms with van der Waals surface area (Å²) in [5.41, 5.74) is 0.155. The normalized spacial score (nSPS) is 30.3. The Kier molecular flexibility index (Phi) is 5.90. The van der Waals surface area contributed by atoms with Crippen LogP contribution in [-0.2, 0) is 4.74 Å². The standard InChI is InChI=1S/C15H28F3NO/c1-6-14(3,4)11-7-8-12(19-5)13(9-11)20-10(2)15(16,17)18/h10-13,19H,6-9H2,1-5H3. The quantitative estimate of drug-likeness (QED) is 0.823. The van der Waals surface area contributed by atoms with Crippen LogP contribution in [0.15, 0.2) is 0 Å². The molecule has 1 aliphatic rings. The lowest BCUT2D eigenvalue weighted by Gasteiger charge is -2.43. The van der Waals surface area contributed by atoms with Crippen molar-refractivity contribution in [2.45, 2.75) is 77.8 Å². The minimum absolute atomic E-state index is 0.0173. The molecule has 1 saturated carbocycles. The first-order valence-electron chi connectivity index (χ1n) is 7.51. The number of hydrogen-bond donors (Lipinski definition) is 1. The topological polar surface area (TPSA) is 21.3 Å². The fraction of sp³-hybridized carbons (Fsp3) is 1.00. The average Bonchev–Trinajstić information content (AvgIpc) is 2.37. The van der Waals surface area contributed by atoms with Crippen LogP contribution in [0.2, 0.25) is 0 Å². The van der Waals surface area contributed by atoms with Crippen molar-refractivity contribution >= 4 is 0 Å². The molecule has 1 aliphatic carbocycles. The van der Waals surface area contributed by atoms with Crippen LogP contribution < -0.4 is 5.32 Å². The zero-order chi connectivity index (χ0) is 15.6. The van der Waals surface area contributed by atoms with Crippen molar-refractivity contribution in [3.63, 3.8) is 0 Å². The molecular formula is C15H28F3NO. The lowest BCUT2D eigenvalue weighted by atomic mass is 9.68. The van der Waals surface area contributed by atoms with E-state index in [-0.39, 0.29) is 17.6 Å². The molecule has 0 saturated heterocycles. The first kappa shape index (κ1) is 17.8. The molecule has 1 fully saturated rings. The molecule has 20 heavy (non-hydrogen) atoms. The highest BCUT2D eigenvalue weighted by atomic mass is 19.4. The summed E-state index contributed by atoms with van der Waals surface area (Å²) in [5, 5.41) is 3.11. The van der Waals surface area contributed by atoms with Gasteiger partial charge < -0.3 is 10.1 Å². The van der Waals surface area contributed by atoms with Gasteiger partial charge in [-0.05, 0) is 44.6 Å². The molecule has 4 unspecified atom stereocenters. The fourth-order valence-corrected chi connectivity index (χ4v) is 2.95. The van der Waals surface area contributed by atoms with Gasteiger partial charge in [0.15, 0.2) is 6.10 Å². The Labute approximate surface area is 120 Å². The van der Waals surface area contributed by atoms with Crippen LogP contribution in [0, 0.1) is 11.3 Å². The van der Waals surface area contributed by atoms with Crippen LogP contribution in [0.1, 0.15) is 53.4 Å². The second kappa shape index (κ2) is 6.65. The smallest absolute Gasteiger partial charge is 0.364 e. The van der Waals surface area contributed by atoms with E-state index in [0.29, 0.717) is 12.3 Å². The Morgan fingerprint density at radius 3 is 2.30 bits per heavy atom. The third-order valence-corrected chi connectivity index (χ3v) is 5.02. The van der Waals surface area contributed by atoms with Crippen molar-refractivity contribution in [1.82, 2.24) is 5.32 Å². The number of hydrogen-bond acceptors (Lipinski definition) is 2. The summed E-state index contributed by atoms with van der Waals surface area (Å²) in [4.78, 5) is 0. The molecule has 1 N–H and O–H groups in total. The van der Waals surface area contributed by atoms with E-state index in [2.05, 4.69) is 26.1 Å². The number of halogens is 3. The van der Waals surface area contributed by atoms with Gasteiger partial charge in [-0.15, -0.1) is 0 Å². The largest absolute Gasteiger partial charge is 0.414 e. The lowest BCUT2D eigenvalue weighted by molar-refractivity contribution is -0.234. The molecule has 2 nitrogen and oxygen atoms in total. The molecule has 0 aromatic carbocycles. The fourth-order valence-electron chi connectivity index (χ4n) is 2.95. The molecule has 1 rings (SSSR count). The van der Waals surface area contributed by atoms with Crippen molar-refractivity contribution in [3.8, 4) is 0 Å². The molecule has 0 bridgehead atoms. The van der Waals surface area contributed by atoms with E-state index in [0.717, 1.165) is 26.2 Å². The van der Waals surface area contributed by atoms with E-state index in [4.69, 9.17) is 4.74 Å². The second-order valence-electron chi connectivity index (χ2n) is 6.61. The van der Waals surface area contributed by atoms with Crippen LogP contribution in [0.4, 0.5) is 13.2 Å². The van der Waals surface area contributed by atoms with Crippen molar-refractivity contribution in [1.29, 1.82) is 0 Å². The Morgan fingerprint density at radius 1 is 1.25 bits per heavy atom. The summed E-state index contributed by atoms with van der Waals surface area (Å²) in [6.07, 6.45) is -2.69. The predicted octanol–water partition coefficient (Wildman–Crippen LogP) is 4.15. The van der Waals surface area contributed by atoms with Gasteiger partial charge in [-0.1, -0.05) is 27.2 Å². The average molecular weight is 295 g/mol. The Bertz CT molecular complexity index is 304. The molecule has 0 aliphatic heterocycles. The molecule has 4 atom stereocenters. The molecule has 0 spiro atoms. The minimum Gasteiger partial charge on any atom is -0.364 e. The highest BCUT2D eigenvalue weighted by Gasteiger charge is 2.43.